The summed E-state index contributed by atoms with van der Waals surface area (Å²) in [7, 11) is 1.54. The second-order valence-corrected chi connectivity index (χ2v) is 5.17. The Morgan fingerprint density at radius 1 is 0.952 bits per heavy atom. The van der Waals surface area contributed by atoms with Gasteiger partial charge in [0.1, 0.15) is 5.75 Å². The second-order valence-electron chi connectivity index (χ2n) is 4.74. The molecule has 3 aromatic carbocycles. The van der Waals surface area contributed by atoms with Crippen molar-refractivity contribution in [2.45, 2.75) is 0 Å². The van der Waals surface area contributed by atoms with E-state index in [1.165, 1.54) is 0 Å². The zero-order valence-electron chi connectivity index (χ0n) is 11.5. The largest absolute Gasteiger partial charge is 0.496 e. The van der Waals surface area contributed by atoms with E-state index in [1.54, 1.807) is 25.3 Å². The first-order chi connectivity index (χ1) is 10.2. The van der Waals surface area contributed by atoms with E-state index in [9.17, 15) is 4.79 Å². The van der Waals surface area contributed by atoms with Crippen LogP contribution in [0.5, 0.6) is 5.75 Å². The van der Waals surface area contributed by atoms with Crippen LogP contribution in [0.4, 0.5) is 0 Å². The van der Waals surface area contributed by atoms with E-state index in [0.717, 1.165) is 10.8 Å². The molecule has 0 saturated carbocycles. The van der Waals surface area contributed by atoms with E-state index < -0.39 is 0 Å². The average Bonchev–Trinajstić information content (AvgIpc) is 2.53. The molecular weight excluding hydrogens is 284 g/mol. The van der Waals surface area contributed by atoms with Crippen molar-refractivity contribution in [2.75, 3.05) is 7.11 Å². The Kier molecular flexibility index (Phi) is 3.63. The van der Waals surface area contributed by atoms with Gasteiger partial charge in [0, 0.05) is 10.6 Å². The molecule has 2 nitrogen and oxygen atoms in total. The van der Waals surface area contributed by atoms with Crippen LogP contribution < -0.4 is 4.74 Å². The number of ether oxygens (including phenoxy) is 1. The maximum Gasteiger partial charge on any atom is 0.196 e. The van der Waals surface area contributed by atoms with Crippen LogP contribution in [0, 0.1) is 0 Å². The van der Waals surface area contributed by atoms with Gasteiger partial charge >= 0.3 is 0 Å². The Morgan fingerprint density at radius 2 is 1.71 bits per heavy atom. The van der Waals surface area contributed by atoms with Crippen molar-refractivity contribution in [3.63, 3.8) is 0 Å². The Hall–Kier alpha value is -2.32. The summed E-state index contributed by atoms with van der Waals surface area (Å²) in [6.07, 6.45) is 0. The number of hydrogen-bond acceptors (Lipinski definition) is 2. The fourth-order valence-electron chi connectivity index (χ4n) is 2.34. The standard InChI is InChI=1S/C18H13ClO2/c1-21-17-9-8-15(19)11-16(17)18(20)14-7-6-12-4-2-3-5-13(12)10-14/h2-11H,1H3. The number of halogens is 1. The highest BCUT2D eigenvalue weighted by molar-refractivity contribution is 6.31. The number of benzene rings is 3. The number of hydrogen-bond donors (Lipinski definition) is 0. The molecule has 0 atom stereocenters. The zero-order valence-corrected chi connectivity index (χ0v) is 12.2. The molecule has 0 aliphatic carbocycles. The Morgan fingerprint density at radius 3 is 2.48 bits per heavy atom. The van der Waals surface area contributed by atoms with E-state index in [-0.39, 0.29) is 5.78 Å². The van der Waals surface area contributed by atoms with Crippen LogP contribution >= 0.6 is 11.6 Å². The first kappa shape index (κ1) is 13.7. The SMILES string of the molecule is COc1ccc(Cl)cc1C(=O)c1ccc2ccccc2c1. The lowest BCUT2D eigenvalue weighted by atomic mass is 9.99. The molecule has 0 aromatic heterocycles. The summed E-state index contributed by atoms with van der Waals surface area (Å²) in [6, 6.07) is 18.6. The van der Waals surface area contributed by atoms with Crippen molar-refractivity contribution in [1.82, 2.24) is 0 Å². The van der Waals surface area contributed by atoms with Crippen LogP contribution in [0.1, 0.15) is 15.9 Å². The van der Waals surface area contributed by atoms with Crippen molar-refractivity contribution in [2.24, 2.45) is 0 Å². The molecule has 104 valence electrons. The minimum atomic E-state index is -0.0971. The third-order valence-electron chi connectivity index (χ3n) is 3.42. The van der Waals surface area contributed by atoms with Gasteiger partial charge < -0.3 is 4.74 Å². The Balaban J connectivity index is 2.10. The number of rotatable bonds is 3. The molecule has 0 N–H and O–H groups in total. The van der Waals surface area contributed by atoms with Crippen molar-refractivity contribution >= 4 is 28.2 Å². The molecule has 0 aliphatic rings. The quantitative estimate of drug-likeness (QED) is 0.653. The van der Waals surface area contributed by atoms with Crippen molar-refractivity contribution < 1.29 is 9.53 Å². The first-order valence-electron chi connectivity index (χ1n) is 6.56. The lowest BCUT2D eigenvalue weighted by molar-refractivity contribution is 0.103. The summed E-state index contributed by atoms with van der Waals surface area (Å²) in [4.78, 5) is 12.7. The highest BCUT2D eigenvalue weighted by atomic mass is 35.5. The van der Waals surface area contributed by atoms with Crippen LogP contribution in [0.2, 0.25) is 5.02 Å². The summed E-state index contributed by atoms with van der Waals surface area (Å²) in [5.74, 6) is 0.428. The van der Waals surface area contributed by atoms with Gasteiger partial charge in [-0.25, -0.2) is 0 Å². The number of carbonyl (C=O) groups excluding carboxylic acids is 1. The van der Waals surface area contributed by atoms with E-state index in [4.69, 9.17) is 16.3 Å². The average molecular weight is 297 g/mol. The van der Waals surface area contributed by atoms with Crippen LogP contribution in [-0.4, -0.2) is 12.9 Å². The zero-order chi connectivity index (χ0) is 14.8. The van der Waals surface area contributed by atoms with Gasteiger partial charge in [-0.15, -0.1) is 0 Å². The molecule has 3 aromatic rings. The van der Waals surface area contributed by atoms with E-state index in [0.29, 0.717) is 21.9 Å². The lowest BCUT2D eigenvalue weighted by Gasteiger charge is -2.09. The van der Waals surface area contributed by atoms with Crippen molar-refractivity contribution in [1.29, 1.82) is 0 Å². The highest BCUT2D eigenvalue weighted by Crippen LogP contribution is 2.26. The summed E-state index contributed by atoms with van der Waals surface area (Å²) < 4.78 is 5.25. The molecule has 0 saturated heterocycles. The molecule has 3 rings (SSSR count). The summed E-state index contributed by atoms with van der Waals surface area (Å²) >= 11 is 5.99. The minimum absolute atomic E-state index is 0.0971. The third-order valence-corrected chi connectivity index (χ3v) is 3.65. The molecular formula is C18H13ClO2. The van der Waals surface area contributed by atoms with Gasteiger partial charge in [0.25, 0.3) is 0 Å². The molecule has 3 heteroatoms. The molecule has 0 fully saturated rings. The molecule has 0 unspecified atom stereocenters. The van der Waals surface area contributed by atoms with Gasteiger partial charge in [-0.3, -0.25) is 4.79 Å². The van der Waals surface area contributed by atoms with Crippen LogP contribution in [0.25, 0.3) is 10.8 Å². The highest BCUT2D eigenvalue weighted by Gasteiger charge is 2.15. The van der Waals surface area contributed by atoms with E-state index >= 15 is 0 Å². The van der Waals surface area contributed by atoms with Gasteiger partial charge in [0.05, 0.1) is 12.7 Å². The molecule has 0 heterocycles. The molecule has 0 amide bonds. The normalized spacial score (nSPS) is 10.6. The smallest absolute Gasteiger partial charge is 0.196 e. The first-order valence-corrected chi connectivity index (χ1v) is 6.94. The van der Waals surface area contributed by atoms with Gasteiger partial charge in [-0.2, -0.15) is 0 Å². The molecule has 0 radical (unpaired) electrons. The van der Waals surface area contributed by atoms with Gasteiger partial charge in [-0.1, -0.05) is 48.0 Å². The fraction of sp³-hybridized carbons (Fsp3) is 0.0556. The maximum atomic E-state index is 12.7. The topological polar surface area (TPSA) is 26.3 Å². The summed E-state index contributed by atoms with van der Waals surface area (Å²) in [5, 5.41) is 2.65. The summed E-state index contributed by atoms with van der Waals surface area (Å²) in [5.41, 5.74) is 1.09. The lowest BCUT2D eigenvalue weighted by Crippen LogP contribution is -2.04. The number of methoxy groups -OCH3 is 1. The predicted octanol–water partition coefficient (Wildman–Crippen LogP) is 4.73. The van der Waals surface area contributed by atoms with Gasteiger partial charge in [0.15, 0.2) is 5.78 Å². The third kappa shape index (κ3) is 2.63. The van der Waals surface area contributed by atoms with Gasteiger partial charge in [0.2, 0.25) is 0 Å². The molecule has 0 aliphatic heterocycles. The second kappa shape index (κ2) is 5.58. The van der Waals surface area contributed by atoms with Crippen LogP contribution in [0.3, 0.4) is 0 Å². The summed E-state index contributed by atoms with van der Waals surface area (Å²) in [6.45, 7) is 0. The Bertz CT molecular complexity index is 824. The van der Waals surface area contributed by atoms with Crippen LogP contribution in [-0.2, 0) is 0 Å². The molecule has 0 spiro atoms. The Labute approximate surface area is 127 Å². The number of carbonyl (C=O) groups is 1. The van der Waals surface area contributed by atoms with E-state index in [1.807, 2.05) is 42.5 Å². The molecule has 0 bridgehead atoms. The fourth-order valence-corrected chi connectivity index (χ4v) is 2.52. The number of fused-ring (bicyclic) bond motifs is 1. The minimum Gasteiger partial charge on any atom is -0.496 e. The monoisotopic (exact) mass is 296 g/mol. The van der Waals surface area contributed by atoms with Crippen LogP contribution in [0.15, 0.2) is 60.7 Å². The van der Waals surface area contributed by atoms with Gasteiger partial charge in [-0.05, 0) is 35.0 Å². The maximum absolute atomic E-state index is 12.7. The molecule has 21 heavy (non-hydrogen) atoms. The predicted molar refractivity (Wildman–Crippen MR) is 85.4 cm³/mol. The van der Waals surface area contributed by atoms with E-state index in [2.05, 4.69) is 0 Å². The van der Waals surface area contributed by atoms with Crippen molar-refractivity contribution in [3.05, 3.63) is 76.8 Å². The number of ketones is 1. The van der Waals surface area contributed by atoms with Crippen molar-refractivity contribution in [3.8, 4) is 5.75 Å².